The summed E-state index contributed by atoms with van der Waals surface area (Å²) < 4.78 is 0. The van der Waals surface area contributed by atoms with Gasteiger partial charge in [-0.1, -0.05) is 18.2 Å². The number of aromatic nitrogens is 1. The number of hydrogen-bond donors (Lipinski definition) is 3. The zero-order valence-electron chi connectivity index (χ0n) is 10.2. The van der Waals surface area contributed by atoms with Crippen LogP contribution in [0.15, 0.2) is 47.5 Å². The van der Waals surface area contributed by atoms with Crippen molar-refractivity contribution in [2.24, 2.45) is 5.84 Å². The molecule has 98 valence electrons. The third-order valence-corrected chi connectivity index (χ3v) is 3.58. The Balaban J connectivity index is 2.11. The largest absolute Gasteiger partial charge is 0.384 e. The molecule has 1 aromatic carbocycles. The van der Waals surface area contributed by atoms with Gasteiger partial charge in [-0.3, -0.25) is 10.2 Å². The molecule has 0 fully saturated rings. The number of nitrogen functional groups attached to an aromatic ring is 2. The first-order valence-electron chi connectivity index (χ1n) is 5.64. The highest BCUT2D eigenvalue weighted by Gasteiger charge is 2.09. The number of thioether (sulfide) groups is 1. The van der Waals surface area contributed by atoms with Crippen molar-refractivity contribution in [3.8, 4) is 0 Å². The fourth-order valence-electron chi connectivity index (χ4n) is 1.58. The molecule has 19 heavy (non-hydrogen) atoms. The summed E-state index contributed by atoms with van der Waals surface area (Å²) in [5.41, 5.74) is 9.19. The second-order valence-corrected chi connectivity index (χ2v) is 4.89. The lowest BCUT2D eigenvalue weighted by atomic mass is 10.1. The van der Waals surface area contributed by atoms with Crippen LogP contribution in [0.5, 0.6) is 0 Å². The van der Waals surface area contributed by atoms with Crippen molar-refractivity contribution in [2.45, 2.75) is 10.6 Å². The Morgan fingerprint density at radius 1 is 1.26 bits per heavy atom. The molecule has 0 bridgehead atoms. The maximum absolute atomic E-state index is 11.6. The van der Waals surface area contributed by atoms with Gasteiger partial charge in [-0.25, -0.2) is 10.8 Å². The van der Waals surface area contributed by atoms with Gasteiger partial charge in [0.15, 0.2) is 0 Å². The highest BCUT2D eigenvalue weighted by molar-refractivity contribution is 7.98. The van der Waals surface area contributed by atoms with Gasteiger partial charge in [0.25, 0.3) is 5.91 Å². The van der Waals surface area contributed by atoms with E-state index in [0.29, 0.717) is 17.1 Å². The van der Waals surface area contributed by atoms with Crippen LogP contribution >= 0.6 is 11.8 Å². The molecule has 0 saturated heterocycles. The number of nitrogens with zero attached hydrogens (tertiary/aromatic N) is 1. The topological polar surface area (TPSA) is 94.0 Å². The molecule has 6 heteroatoms. The van der Waals surface area contributed by atoms with Gasteiger partial charge in [-0.2, -0.15) is 0 Å². The first-order valence-corrected chi connectivity index (χ1v) is 6.62. The van der Waals surface area contributed by atoms with Gasteiger partial charge >= 0.3 is 0 Å². The summed E-state index contributed by atoms with van der Waals surface area (Å²) in [7, 11) is 0. The van der Waals surface area contributed by atoms with Gasteiger partial charge in [0.1, 0.15) is 5.82 Å². The quantitative estimate of drug-likeness (QED) is 0.340. The minimum atomic E-state index is -0.286. The average Bonchev–Trinajstić information content (AvgIpc) is 2.46. The third-order valence-electron chi connectivity index (χ3n) is 2.55. The lowest BCUT2D eigenvalue weighted by Crippen LogP contribution is -2.30. The van der Waals surface area contributed by atoms with E-state index in [4.69, 9.17) is 11.6 Å². The fourth-order valence-corrected chi connectivity index (χ4v) is 2.45. The molecule has 0 aliphatic heterocycles. The van der Waals surface area contributed by atoms with Crippen LogP contribution in [0.4, 0.5) is 5.82 Å². The van der Waals surface area contributed by atoms with Crippen LogP contribution in [0.2, 0.25) is 0 Å². The van der Waals surface area contributed by atoms with Crippen LogP contribution in [-0.4, -0.2) is 10.9 Å². The molecule has 0 spiro atoms. The first-order chi connectivity index (χ1) is 9.20. The van der Waals surface area contributed by atoms with E-state index in [2.05, 4.69) is 10.4 Å². The number of carbonyl (C=O) groups is 1. The first kappa shape index (κ1) is 13.4. The average molecular weight is 274 g/mol. The predicted octanol–water partition coefficient (Wildman–Crippen LogP) is 1.56. The highest BCUT2D eigenvalue weighted by Crippen LogP contribution is 2.24. The van der Waals surface area contributed by atoms with Gasteiger partial charge in [0.2, 0.25) is 0 Å². The minimum Gasteiger partial charge on any atom is -0.384 e. The summed E-state index contributed by atoms with van der Waals surface area (Å²) in [6, 6.07) is 11.0. The standard InChI is InChI=1S/C13H14N4OS/c14-12-6-5-10(7-16-12)19-8-9-3-1-2-4-11(9)13(18)17-15/h1-7H,8,15H2,(H2,14,16)(H,17,18). The number of hydrazine groups is 1. The normalized spacial score (nSPS) is 10.2. The Bertz CT molecular complexity index is 571. The molecule has 1 aromatic heterocycles. The third kappa shape index (κ3) is 3.46. The number of pyridine rings is 1. The minimum absolute atomic E-state index is 0.286. The Labute approximate surface area is 115 Å². The molecular formula is C13H14N4OS. The number of rotatable bonds is 4. The molecule has 0 atom stereocenters. The van der Waals surface area contributed by atoms with E-state index in [0.717, 1.165) is 10.5 Å². The predicted molar refractivity (Wildman–Crippen MR) is 76.3 cm³/mol. The lowest BCUT2D eigenvalue weighted by molar-refractivity contribution is 0.0953. The van der Waals surface area contributed by atoms with Crippen LogP contribution < -0.4 is 17.0 Å². The number of amides is 1. The Kier molecular flexibility index (Phi) is 4.38. The molecule has 0 radical (unpaired) electrons. The number of anilines is 1. The molecule has 5 N–H and O–H groups in total. The fraction of sp³-hybridized carbons (Fsp3) is 0.0769. The van der Waals surface area contributed by atoms with Crippen LogP contribution in [-0.2, 0) is 5.75 Å². The molecule has 5 nitrogen and oxygen atoms in total. The molecule has 0 unspecified atom stereocenters. The zero-order valence-corrected chi connectivity index (χ0v) is 11.0. The number of hydrogen-bond acceptors (Lipinski definition) is 5. The summed E-state index contributed by atoms with van der Waals surface area (Å²) in [5, 5.41) is 0. The SMILES string of the molecule is NNC(=O)c1ccccc1CSc1ccc(N)nc1. The smallest absolute Gasteiger partial charge is 0.265 e. The van der Waals surface area contributed by atoms with Crippen molar-refractivity contribution in [1.29, 1.82) is 0 Å². The molecule has 2 rings (SSSR count). The second kappa shape index (κ2) is 6.21. The molecule has 1 heterocycles. The molecular weight excluding hydrogens is 260 g/mol. The van der Waals surface area contributed by atoms with Crippen molar-refractivity contribution in [1.82, 2.24) is 10.4 Å². The Hall–Kier alpha value is -2.05. The maximum atomic E-state index is 11.6. The number of nitrogens with one attached hydrogen (secondary N) is 1. The number of benzene rings is 1. The molecule has 0 aliphatic carbocycles. The van der Waals surface area contributed by atoms with Gasteiger partial charge in [0.05, 0.1) is 0 Å². The van der Waals surface area contributed by atoms with E-state index in [-0.39, 0.29) is 5.91 Å². The number of nitrogens with two attached hydrogens (primary N) is 2. The van der Waals surface area contributed by atoms with Crippen LogP contribution in [0, 0.1) is 0 Å². The van der Waals surface area contributed by atoms with Crippen molar-refractivity contribution in [3.63, 3.8) is 0 Å². The second-order valence-electron chi connectivity index (χ2n) is 3.84. The van der Waals surface area contributed by atoms with Crippen molar-refractivity contribution < 1.29 is 4.79 Å². The summed E-state index contributed by atoms with van der Waals surface area (Å²) in [6.45, 7) is 0. The monoisotopic (exact) mass is 274 g/mol. The van der Waals surface area contributed by atoms with Gasteiger partial charge in [0, 0.05) is 22.4 Å². The molecule has 1 amide bonds. The summed E-state index contributed by atoms with van der Waals surface area (Å²) in [4.78, 5) is 16.6. The molecule has 0 saturated carbocycles. The van der Waals surface area contributed by atoms with Crippen molar-refractivity contribution in [2.75, 3.05) is 5.73 Å². The number of carbonyl (C=O) groups excluding carboxylic acids is 1. The van der Waals surface area contributed by atoms with Crippen LogP contribution in [0.3, 0.4) is 0 Å². The molecule has 2 aromatic rings. The highest BCUT2D eigenvalue weighted by atomic mass is 32.2. The summed E-state index contributed by atoms with van der Waals surface area (Å²) in [6.07, 6.45) is 1.71. The lowest BCUT2D eigenvalue weighted by Gasteiger charge is -2.07. The van der Waals surface area contributed by atoms with Gasteiger partial charge in [-0.15, -0.1) is 11.8 Å². The van der Waals surface area contributed by atoms with E-state index in [1.54, 1.807) is 30.1 Å². The van der Waals surface area contributed by atoms with Gasteiger partial charge < -0.3 is 5.73 Å². The zero-order chi connectivity index (χ0) is 13.7. The van der Waals surface area contributed by atoms with E-state index >= 15 is 0 Å². The summed E-state index contributed by atoms with van der Waals surface area (Å²) >= 11 is 1.59. The van der Waals surface area contributed by atoms with Crippen molar-refractivity contribution >= 4 is 23.5 Å². The summed E-state index contributed by atoms with van der Waals surface area (Å²) in [5.74, 6) is 6.04. The van der Waals surface area contributed by atoms with E-state index < -0.39 is 0 Å². The van der Waals surface area contributed by atoms with E-state index in [9.17, 15) is 4.79 Å². The van der Waals surface area contributed by atoms with Crippen LogP contribution in [0.1, 0.15) is 15.9 Å². The Morgan fingerprint density at radius 3 is 2.74 bits per heavy atom. The van der Waals surface area contributed by atoms with Crippen LogP contribution in [0.25, 0.3) is 0 Å². The Morgan fingerprint density at radius 2 is 2.05 bits per heavy atom. The van der Waals surface area contributed by atoms with Crippen molar-refractivity contribution in [3.05, 3.63) is 53.7 Å². The van der Waals surface area contributed by atoms with E-state index in [1.807, 2.05) is 24.3 Å². The van der Waals surface area contributed by atoms with Gasteiger partial charge in [-0.05, 0) is 23.8 Å². The molecule has 0 aliphatic rings. The van der Waals surface area contributed by atoms with E-state index in [1.165, 1.54) is 0 Å². The maximum Gasteiger partial charge on any atom is 0.265 e.